The number of fused-ring (bicyclic) bond motifs is 1. The molecule has 1 atom stereocenters. The van der Waals surface area contributed by atoms with Crippen LogP contribution in [0.4, 0.5) is 5.69 Å². The molecule has 7 heteroatoms. The Kier molecular flexibility index (Phi) is 6.57. The summed E-state index contributed by atoms with van der Waals surface area (Å²) in [5.41, 5.74) is 4.23. The molecule has 1 aromatic heterocycles. The molecular formula is C22H26N4O2S. The van der Waals surface area contributed by atoms with E-state index < -0.39 is 11.2 Å². The summed E-state index contributed by atoms with van der Waals surface area (Å²) in [7, 11) is 1.64. The minimum atomic E-state index is -1.31. The number of nitriles is 1. The Balaban J connectivity index is 2.21. The topological polar surface area (TPSA) is 70.3 Å². The van der Waals surface area contributed by atoms with Crippen molar-refractivity contribution in [2.45, 2.75) is 27.3 Å². The van der Waals surface area contributed by atoms with Crippen molar-refractivity contribution in [3.63, 3.8) is 0 Å². The summed E-state index contributed by atoms with van der Waals surface area (Å²) in [6, 6.07) is 16.0. The van der Waals surface area contributed by atoms with Crippen molar-refractivity contribution >= 4 is 27.8 Å². The molecule has 3 rings (SSSR count). The van der Waals surface area contributed by atoms with Crippen molar-refractivity contribution in [2.75, 3.05) is 24.5 Å². The van der Waals surface area contributed by atoms with E-state index in [0.717, 1.165) is 33.6 Å². The van der Waals surface area contributed by atoms with Crippen LogP contribution in [0, 0.1) is 11.3 Å². The summed E-state index contributed by atoms with van der Waals surface area (Å²) in [5, 5.41) is 10.8. The van der Waals surface area contributed by atoms with Crippen molar-refractivity contribution in [3.05, 3.63) is 48.0 Å². The summed E-state index contributed by atoms with van der Waals surface area (Å²) in [6.07, 6.45) is 0. The standard InChI is InChI=1S/C22H26N4O2S/c1-5-24-29(27)26(7-3)17-10-8-9-16(13-17)22-20(15-23)19-12-11-18(28-4)14-21(19)25(22)6-2/h8-14,24H,5-7H2,1-4H3. The number of methoxy groups -OCH3 is 1. The number of rotatable bonds is 8. The summed E-state index contributed by atoms with van der Waals surface area (Å²) in [5.74, 6) is 0.757. The Morgan fingerprint density at radius 1 is 1.21 bits per heavy atom. The van der Waals surface area contributed by atoms with Crippen molar-refractivity contribution in [1.29, 1.82) is 5.26 Å². The van der Waals surface area contributed by atoms with Crippen molar-refractivity contribution < 1.29 is 8.95 Å². The predicted molar refractivity (Wildman–Crippen MR) is 119 cm³/mol. The van der Waals surface area contributed by atoms with E-state index in [9.17, 15) is 9.47 Å². The molecule has 0 fully saturated rings. The van der Waals surface area contributed by atoms with Gasteiger partial charge in [0, 0.05) is 36.7 Å². The first kappa shape index (κ1) is 20.9. The maximum Gasteiger partial charge on any atom is 0.196 e. The molecule has 0 aliphatic rings. The zero-order chi connectivity index (χ0) is 21.0. The fourth-order valence-corrected chi connectivity index (χ4v) is 4.55. The van der Waals surface area contributed by atoms with E-state index in [1.165, 1.54) is 0 Å². The van der Waals surface area contributed by atoms with E-state index in [0.29, 0.717) is 25.2 Å². The fourth-order valence-electron chi connectivity index (χ4n) is 3.60. The van der Waals surface area contributed by atoms with Crippen LogP contribution in [0.2, 0.25) is 0 Å². The number of aromatic nitrogens is 1. The summed E-state index contributed by atoms with van der Waals surface area (Å²) < 4.78 is 24.8. The summed E-state index contributed by atoms with van der Waals surface area (Å²) in [4.78, 5) is 0. The van der Waals surface area contributed by atoms with Gasteiger partial charge in [0.1, 0.15) is 11.8 Å². The van der Waals surface area contributed by atoms with Crippen LogP contribution in [0.25, 0.3) is 22.2 Å². The number of hydrogen-bond acceptors (Lipinski definition) is 3. The largest absolute Gasteiger partial charge is 0.497 e. The lowest BCUT2D eigenvalue weighted by Gasteiger charge is -2.22. The Morgan fingerprint density at radius 2 is 2.00 bits per heavy atom. The Labute approximate surface area is 174 Å². The van der Waals surface area contributed by atoms with E-state index in [4.69, 9.17) is 4.74 Å². The Morgan fingerprint density at radius 3 is 2.62 bits per heavy atom. The average Bonchev–Trinajstić information content (AvgIpc) is 3.07. The third kappa shape index (κ3) is 3.86. The number of nitrogens with one attached hydrogen (secondary N) is 1. The van der Waals surface area contributed by atoms with Gasteiger partial charge in [0.25, 0.3) is 0 Å². The smallest absolute Gasteiger partial charge is 0.196 e. The number of hydrogen-bond donors (Lipinski definition) is 1. The molecule has 0 saturated carbocycles. The van der Waals surface area contributed by atoms with Gasteiger partial charge < -0.3 is 9.30 Å². The lowest BCUT2D eigenvalue weighted by molar-refractivity contribution is 0.415. The maximum atomic E-state index is 12.5. The van der Waals surface area contributed by atoms with Crippen molar-refractivity contribution in [1.82, 2.24) is 9.29 Å². The number of aryl methyl sites for hydroxylation is 1. The van der Waals surface area contributed by atoms with Crippen LogP contribution in [0.3, 0.4) is 0 Å². The van der Waals surface area contributed by atoms with Gasteiger partial charge in [0.05, 0.1) is 29.6 Å². The molecule has 0 aliphatic carbocycles. The number of ether oxygens (including phenoxy) is 1. The van der Waals surface area contributed by atoms with Crippen molar-refractivity contribution in [3.8, 4) is 23.1 Å². The first-order valence-corrected chi connectivity index (χ1v) is 10.8. The monoisotopic (exact) mass is 410 g/mol. The van der Waals surface area contributed by atoms with Crippen LogP contribution in [0.5, 0.6) is 5.75 Å². The van der Waals surface area contributed by atoms with Crippen LogP contribution in [-0.2, 0) is 17.7 Å². The third-order valence-electron chi connectivity index (χ3n) is 4.86. The first-order chi connectivity index (χ1) is 14.1. The Hall–Kier alpha value is -2.82. The zero-order valence-corrected chi connectivity index (χ0v) is 18.0. The second-order valence-corrected chi connectivity index (χ2v) is 7.68. The van der Waals surface area contributed by atoms with Gasteiger partial charge in [0.15, 0.2) is 11.2 Å². The van der Waals surface area contributed by atoms with Gasteiger partial charge in [-0.05, 0) is 38.1 Å². The maximum absolute atomic E-state index is 12.5. The van der Waals surface area contributed by atoms with Crippen LogP contribution >= 0.6 is 0 Å². The first-order valence-electron chi connectivity index (χ1n) is 9.73. The minimum Gasteiger partial charge on any atom is -0.497 e. The van der Waals surface area contributed by atoms with Crippen LogP contribution in [0.1, 0.15) is 26.3 Å². The highest BCUT2D eigenvalue weighted by molar-refractivity contribution is 7.84. The lowest BCUT2D eigenvalue weighted by atomic mass is 10.1. The molecule has 1 heterocycles. The molecule has 1 N–H and O–H groups in total. The molecule has 29 heavy (non-hydrogen) atoms. The third-order valence-corrected chi connectivity index (χ3v) is 6.27. The number of nitrogens with zero attached hydrogens (tertiary/aromatic N) is 3. The molecule has 0 saturated heterocycles. The van der Waals surface area contributed by atoms with E-state index in [1.807, 2.05) is 56.3 Å². The van der Waals surface area contributed by atoms with Crippen LogP contribution in [-0.4, -0.2) is 29.0 Å². The molecular weight excluding hydrogens is 384 g/mol. The van der Waals surface area contributed by atoms with Gasteiger partial charge in [-0.25, -0.2) is 8.93 Å². The normalized spacial score (nSPS) is 12.0. The zero-order valence-electron chi connectivity index (χ0n) is 17.2. The molecule has 0 radical (unpaired) electrons. The van der Waals surface area contributed by atoms with Gasteiger partial charge in [-0.15, -0.1) is 0 Å². The fraction of sp³-hybridized carbons (Fsp3) is 0.318. The molecule has 2 aromatic carbocycles. The lowest BCUT2D eigenvalue weighted by Crippen LogP contribution is -2.34. The van der Waals surface area contributed by atoms with Gasteiger partial charge in [-0.3, -0.25) is 4.31 Å². The van der Waals surface area contributed by atoms with E-state index in [-0.39, 0.29) is 0 Å². The highest BCUT2D eigenvalue weighted by Crippen LogP contribution is 2.36. The molecule has 152 valence electrons. The predicted octanol–water partition coefficient (Wildman–Crippen LogP) is 4.22. The summed E-state index contributed by atoms with van der Waals surface area (Å²) >= 11 is -1.31. The molecule has 0 amide bonds. The molecule has 0 spiro atoms. The highest BCUT2D eigenvalue weighted by atomic mass is 32.2. The molecule has 1 unspecified atom stereocenters. The highest BCUT2D eigenvalue weighted by Gasteiger charge is 2.20. The number of anilines is 1. The number of benzene rings is 2. The second kappa shape index (κ2) is 9.12. The van der Waals surface area contributed by atoms with E-state index in [1.54, 1.807) is 11.4 Å². The molecule has 0 aliphatic heterocycles. The van der Waals surface area contributed by atoms with Crippen LogP contribution < -0.4 is 13.8 Å². The molecule has 6 nitrogen and oxygen atoms in total. The van der Waals surface area contributed by atoms with E-state index >= 15 is 0 Å². The summed E-state index contributed by atoms with van der Waals surface area (Å²) in [6.45, 7) is 7.89. The Bertz CT molecular complexity index is 1080. The van der Waals surface area contributed by atoms with Gasteiger partial charge >= 0.3 is 0 Å². The minimum absolute atomic E-state index is 0.599. The quantitative estimate of drug-likeness (QED) is 0.604. The SMILES string of the molecule is CCNS(=O)N(CC)c1cccc(-c2c(C#N)c3ccc(OC)cc3n2CC)c1. The molecule has 3 aromatic rings. The van der Waals surface area contributed by atoms with E-state index in [2.05, 4.69) is 22.3 Å². The molecule has 0 bridgehead atoms. The van der Waals surface area contributed by atoms with Gasteiger partial charge in [-0.1, -0.05) is 19.1 Å². The van der Waals surface area contributed by atoms with Crippen molar-refractivity contribution in [2.24, 2.45) is 0 Å². The van der Waals surface area contributed by atoms with Gasteiger partial charge in [-0.2, -0.15) is 5.26 Å². The van der Waals surface area contributed by atoms with Gasteiger partial charge in [0.2, 0.25) is 0 Å². The second-order valence-electron chi connectivity index (χ2n) is 6.45. The van der Waals surface area contributed by atoms with Crippen LogP contribution in [0.15, 0.2) is 42.5 Å². The average molecular weight is 411 g/mol.